The highest BCUT2D eigenvalue weighted by Crippen LogP contribution is 2.07. The topological polar surface area (TPSA) is 46.5 Å². The van der Waals surface area contributed by atoms with Gasteiger partial charge in [0.15, 0.2) is 0 Å². The number of aliphatic hydroxyl groups excluding tert-OH is 1. The van der Waals surface area contributed by atoms with Crippen LogP contribution in [-0.2, 0) is 9.53 Å². The van der Waals surface area contributed by atoms with Crippen molar-refractivity contribution in [2.24, 2.45) is 0 Å². The van der Waals surface area contributed by atoms with Gasteiger partial charge in [-0.3, -0.25) is 4.79 Å². The summed E-state index contributed by atoms with van der Waals surface area (Å²) in [4.78, 5) is 10.8. The average molecular weight is 254 g/mol. The first-order chi connectivity index (χ1) is 8.81. The predicted molar refractivity (Wildman–Crippen MR) is 73.0 cm³/mol. The predicted octanol–water partition coefficient (Wildman–Crippen LogP) is 3.06. The summed E-state index contributed by atoms with van der Waals surface area (Å²) in [7, 11) is 1.43. The van der Waals surface area contributed by atoms with Gasteiger partial charge in [0.05, 0.1) is 7.11 Å². The summed E-state index contributed by atoms with van der Waals surface area (Å²) in [5, 5.41) is 8.58. The summed E-state index contributed by atoms with van der Waals surface area (Å²) in [6.45, 7) is 0.271. The molecule has 0 fully saturated rings. The second kappa shape index (κ2) is 14.1. The summed E-state index contributed by atoms with van der Waals surface area (Å²) < 4.78 is 4.58. The van der Waals surface area contributed by atoms with E-state index in [1.54, 1.807) is 0 Å². The van der Waals surface area contributed by atoms with Gasteiger partial charge in [0, 0.05) is 25.9 Å². The van der Waals surface area contributed by atoms with Crippen molar-refractivity contribution in [3.05, 3.63) is 0 Å². The monoisotopic (exact) mass is 254 g/mol. The molecule has 0 radical (unpaired) electrons. The van der Waals surface area contributed by atoms with E-state index in [0.29, 0.717) is 6.42 Å². The molecule has 1 N–H and O–H groups in total. The van der Waals surface area contributed by atoms with E-state index in [9.17, 15) is 4.79 Å². The summed E-state index contributed by atoms with van der Waals surface area (Å²) in [6, 6.07) is 0. The van der Waals surface area contributed by atoms with Crippen LogP contribution in [-0.4, -0.2) is 24.8 Å². The number of hydrogen-bond donors (Lipinski definition) is 1. The Morgan fingerprint density at radius 2 is 1.50 bits per heavy atom. The van der Waals surface area contributed by atoms with E-state index in [2.05, 4.69) is 16.6 Å². The zero-order chi connectivity index (χ0) is 13.5. The van der Waals surface area contributed by atoms with Crippen LogP contribution < -0.4 is 0 Å². The molecule has 0 spiro atoms. The Hall–Kier alpha value is -1.01. The highest BCUT2D eigenvalue weighted by Gasteiger charge is 1.98. The van der Waals surface area contributed by atoms with Crippen LogP contribution in [0.2, 0.25) is 0 Å². The molecule has 0 aliphatic carbocycles. The van der Waals surface area contributed by atoms with Crippen LogP contribution >= 0.6 is 0 Å². The van der Waals surface area contributed by atoms with Gasteiger partial charge in [-0.25, -0.2) is 0 Å². The number of carbonyl (C=O) groups excluding carboxylic acids is 1. The van der Waals surface area contributed by atoms with Crippen LogP contribution in [0.15, 0.2) is 0 Å². The Morgan fingerprint density at radius 1 is 0.944 bits per heavy atom. The molecule has 0 atom stereocenters. The fraction of sp³-hybridized carbons (Fsp3) is 0.800. The minimum Gasteiger partial charge on any atom is -0.469 e. The van der Waals surface area contributed by atoms with Gasteiger partial charge in [0.1, 0.15) is 0 Å². The molecule has 0 aromatic carbocycles. The third-order valence-corrected chi connectivity index (χ3v) is 2.75. The smallest absolute Gasteiger partial charge is 0.305 e. The molecule has 0 heterocycles. The Labute approximate surface area is 111 Å². The van der Waals surface area contributed by atoms with Gasteiger partial charge in [-0.15, -0.1) is 11.8 Å². The summed E-state index contributed by atoms with van der Waals surface area (Å²) in [5.41, 5.74) is 0. The maximum atomic E-state index is 10.8. The van der Waals surface area contributed by atoms with Crippen molar-refractivity contribution in [1.29, 1.82) is 0 Å². The number of esters is 1. The van der Waals surface area contributed by atoms with Gasteiger partial charge in [-0.1, -0.05) is 19.3 Å². The number of unbranched alkanes of at least 4 members (excludes halogenated alkanes) is 7. The molecule has 0 amide bonds. The molecule has 0 unspecified atom stereocenters. The second-order valence-electron chi connectivity index (χ2n) is 4.38. The molecular weight excluding hydrogens is 228 g/mol. The zero-order valence-corrected chi connectivity index (χ0v) is 11.5. The van der Waals surface area contributed by atoms with E-state index in [0.717, 1.165) is 44.9 Å². The van der Waals surface area contributed by atoms with Gasteiger partial charge in [-0.2, -0.15) is 0 Å². The number of aliphatic hydroxyl groups is 1. The van der Waals surface area contributed by atoms with Crippen molar-refractivity contribution >= 4 is 5.97 Å². The zero-order valence-electron chi connectivity index (χ0n) is 11.5. The van der Waals surface area contributed by atoms with E-state index in [4.69, 9.17) is 5.11 Å². The van der Waals surface area contributed by atoms with E-state index >= 15 is 0 Å². The average Bonchev–Trinajstić information content (AvgIpc) is 2.39. The Morgan fingerprint density at radius 3 is 2.11 bits per heavy atom. The maximum absolute atomic E-state index is 10.8. The van der Waals surface area contributed by atoms with Crippen molar-refractivity contribution in [2.45, 2.75) is 64.2 Å². The fourth-order valence-corrected chi connectivity index (χ4v) is 1.62. The molecule has 0 saturated heterocycles. The first kappa shape index (κ1) is 17.0. The van der Waals surface area contributed by atoms with Crippen LogP contribution in [0.4, 0.5) is 0 Å². The summed E-state index contributed by atoms with van der Waals surface area (Å²) in [5.74, 6) is 6.17. The molecule has 0 saturated carbocycles. The van der Waals surface area contributed by atoms with Crippen molar-refractivity contribution in [3.63, 3.8) is 0 Å². The van der Waals surface area contributed by atoms with Crippen LogP contribution in [0.25, 0.3) is 0 Å². The fourth-order valence-electron chi connectivity index (χ4n) is 1.62. The first-order valence-corrected chi connectivity index (χ1v) is 6.94. The number of methoxy groups -OCH3 is 1. The Bertz CT molecular complexity index is 250. The Kier molecular flexibility index (Phi) is 13.3. The maximum Gasteiger partial charge on any atom is 0.305 e. The van der Waals surface area contributed by atoms with Crippen LogP contribution in [0.5, 0.6) is 0 Å². The minimum atomic E-state index is -0.108. The molecule has 18 heavy (non-hydrogen) atoms. The van der Waals surface area contributed by atoms with E-state index in [1.807, 2.05) is 0 Å². The van der Waals surface area contributed by atoms with Crippen LogP contribution in [0.1, 0.15) is 64.2 Å². The molecule has 0 rings (SSSR count). The van der Waals surface area contributed by atoms with Crippen molar-refractivity contribution < 1.29 is 14.6 Å². The normalized spacial score (nSPS) is 9.67. The van der Waals surface area contributed by atoms with Gasteiger partial charge in [-0.05, 0) is 25.7 Å². The molecule has 3 heteroatoms. The van der Waals surface area contributed by atoms with Gasteiger partial charge < -0.3 is 9.84 Å². The third kappa shape index (κ3) is 13.1. The van der Waals surface area contributed by atoms with Crippen LogP contribution in [0.3, 0.4) is 0 Å². The molecule has 104 valence electrons. The molecular formula is C15H26O3. The summed E-state index contributed by atoms with van der Waals surface area (Å²) in [6.07, 6.45) is 9.79. The third-order valence-electron chi connectivity index (χ3n) is 2.75. The Balaban J connectivity index is 3.13. The lowest BCUT2D eigenvalue weighted by Gasteiger charge is -1.99. The first-order valence-electron chi connectivity index (χ1n) is 6.94. The van der Waals surface area contributed by atoms with Gasteiger partial charge in [0.2, 0.25) is 0 Å². The van der Waals surface area contributed by atoms with Crippen LogP contribution in [0, 0.1) is 11.8 Å². The van der Waals surface area contributed by atoms with Gasteiger partial charge >= 0.3 is 5.97 Å². The number of carbonyl (C=O) groups is 1. The largest absolute Gasteiger partial charge is 0.469 e. The molecule has 3 nitrogen and oxygen atoms in total. The number of hydrogen-bond acceptors (Lipinski definition) is 3. The lowest BCUT2D eigenvalue weighted by Crippen LogP contribution is -1.99. The van der Waals surface area contributed by atoms with E-state index in [1.165, 1.54) is 20.0 Å². The number of ether oxygens (including phenoxy) is 1. The second-order valence-corrected chi connectivity index (χ2v) is 4.38. The van der Waals surface area contributed by atoms with Crippen molar-refractivity contribution in [1.82, 2.24) is 0 Å². The molecule has 0 bridgehead atoms. The van der Waals surface area contributed by atoms with Gasteiger partial charge in [0.25, 0.3) is 0 Å². The number of rotatable bonds is 10. The molecule has 0 aliphatic rings. The SMILES string of the molecule is COC(=O)CCCCCCCC#CCCCCO. The van der Waals surface area contributed by atoms with Crippen molar-refractivity contribution in [3.8, 4) is 11.8 Å². The van der Waals surface area contributed by atoms with E-state index in [-0.39, 0.29) is 12.6 Å². The molecule has 0 aliphatic heterocycles. The van der Waals surface area contributed by atoms with Crippen molar-refractivity contribution in [2.75, 3.05) is 13.7 Å². The molecule has 0 aromatic rings. The minimum absolute atomic E-state index is 0.108. The molecule has 0 aromatic heterocycles. The highest BCUT2D eigenvalue weighted by molar-refractivity contribution is 5.68. The lowest BCUT2D eigenvalue weighted by molar-refractivity contribution is -0.140. The van der Waals surface area contributed by atoms with E-state index < -0.39 is 0 Å². The standard InChI is InChI=1S/C15H26O3/c1-18-15(17)13-11-9-7-5-3-2-4-6-8-10-12-14-16/h16H,2-3,5,7-14H2,1H3. The highest BCUT2D eigenvalue weighted by atomic mass is 16.5. The summed E-state index contributed by atoms with van der Waals surface area (Å²) >= 11 is 0. The quantitative estimate of drug-likeness (QED) is 0.370. The lowest BCUT2D eigenvalue weighted by atomic mass is 10.1.